The molecule has 5 heteroatoms. The molecule has 0 bridgehead atoms. The van der Waals surface area contributed by atoms with Crippen LogP contribution in [0.1, 0.15) is 16.7 Å². The summed E-state index contributed by atoms with van der Waals surface area (Å²) in [4.78, 5) is 11.4. The molecule has 0 aromatic heterocycles. The number of aryl methyl sites for hydroxylation is 2. The van der Waals surface area contributed by atoms with Gasteiger partial charge >= 0.3 is 6.03 Å². The summed E-state index contributed by atoms with van der Waals surface area (Å²) in [7, 11) is 1.50. The van der Waals surface area contributed by atoms with Crippen molar-refractivity contribution < 1.29 is 13.9 Å². The van der Waals surface area contributed by atoms with Gasteiger partial charge in [-0.1, -0.05) is 23.8 Å². The summed E-state index contributed by atoms with van der Waals surface area (Å²) in [6.07, 6.45) is 0. The van der Waals surface area contributed by atoms with Crippen molar-refractivity contribution >= 4 is 11.7 Å². The smallest absolute Gasteiger partial charge is 0.318 e. The molecule has 2 aromatic carbocycles. The first kappa shape index (κ1) is 15.8. The quantitative estimate of drug-likeness (QED) is 0.903. The largest absolute Gasteiger partial charge is 0.488 e. The molecule has 0 unspecified atom stereocenters. The fourth-order valence-corrected chi connectivity index (χ4v) is 2.12. The lowest BCUT2D eigenvalue weighted by Crippen LogP contribution is -2.25. The van der Waals surface area contributed by atoms with Gasteiger partial charge in [0.1, 0.15) is 18.2 Å². The van der Waals surface area contributed by atoms with E-state index in [1.165, 1.54) is 13.1 Å². The van der Waals surface area contributed by atoms with Gasteiger partial charge in [0, 0.05) is 12.6 Å². The second-order valence-electron chi connectivity index (χ2n) is 5.03. The second kappa shape index (κ2) is 6.93. The Labute approximate surface area is 129 Å². The van der Waals surface area contributed by atoms with E-state index in [-0.39, 0.29) is 6.61 Å². The third-order valence-electron chi connectivity index (χ3n) is 3.30. The van der Waals surface area contributed by atoms with Crippen LogP contribution in [0.5, 0.6) is 5.75 Å². The maximum atomic E-state index is 14.0. The Bertz CT molecular complexity index is 686. The summed E-state index contributed by atoms with van der Waals surface area (Å²) in [5, 5.41) is 5.03. The Balaban J connectivity index is 2.19. The Morgan fingerprint density at radius 3 is 2.68 bits per heavy atom. The molecule has 0 heterocycles. The third-order valence-corrected chi connectivity index (χ3v) is 3.30. The molecular weight excluding hydrogens is 283 g/mol. The molecule has 116 valence electrons. The van der Waals surface area contributed by atoms with Gasteiger partial charge in [-0.3, -0.25) is 0 Å². The van der Waals surface area contributed by atoms with E-state index in [2.05, 4.69) is 10.6 Å². The number of amides is 2. The van der Waals surface area contributed by atoms with Crippen LogP contribution >= 0.6 is 0 Å². The zero-order chi connectivity index (χ0) is 16.1. The molecular formula is C17H19FN2O2. The highest BCUT2D eigenvalue weighted by molar-refractivity contribution is 5.89. The lowest BCUT2D eigenvalue weighted by Gasteiger charge is -2.14. The van der Waals surface area contributed by atoms with Gasteiger partial charge in [-0.15, -0.1) is 0 Å². The normalized spacial score (nSPS) is 10.2. The summed E-state index contributed by atoms with van der Waals surface area (Å²) in [5.41, 5.74) is 2.82. The van der Waals surface area contributed by atoms with Crippen LogP contribution in [0.15, 0.2) is 36.4 Å². The number of carbonyl (C=O) groups excluding carboxylic acids is 1. The highest BCUT2D eigenvalue weighted by Gasteiger charge is 2.12. The number of hydrogen-bond acceptors (Lipinski definition) is 2. The lowest BCUT2D eigenvalue weighted by molar-refractivity contribution is 0.254. The molecule has 2 rings (SSSR count). The fraction of sp³-hybridized carbons (Fsp3) is 0.235. The summed E-state index contributed by atoms with van der Waals surface area (Å²) in [6, 6.07) is 9.92. The van der Waals surface area contributed by atoms with E-state index in [0.717, 1.165) is 11.1 Å². The minimum Gasteiger partial charge on any atom is -0.488 e. The Morgan fingerprint density at radius 1 is 1.23 bits per heavy atom. The van der Waals surface area contributed by atoms with Crippen molar-refractivity contribution in [2.75, 3.05) is 12.4 Å². The second-order valence-corrected chi connectivity index (χ2v) is 5.03. The zero-order valence-corrected chi connectivity index (χ0v) is 12.9. The molecule has 0 saturated heterocycles. The average Bonchev–Trinajstić information content (AvgIpc) is 2.48. The fourth-order valence-electron chi connectivity index (χ4n) is 2.12. The van der Waals surface area contributed by atoms with Gasteiger partial charge in [0.15, 0.2) is 0 Å². The number of rotatable bonds is 4. The molecule has 2 N–H and O–H groups in total. The average molecular weight is 302 g/mol. The number of ether oxygens (including phenoxy) is 1. The predicted octanol–water partition coefficient (Wildman–Crippen LogP) is 3.77. The van der Waals surface area contributed by atoms with Crippen LogP contribution < -0.4 is 15.4 Å². The SMILES string of the molecule is CNC(=O)Nc1cccc(F)c1COc1ccc(C)cc1C. The molecule has 0 aliphatic heterocycles. The van der Waals surface area contributed by atoms with Crippen molar-refractivity contribution in [1.29, 1.82) is 0 Å². The summed E-state index contributed by atoms with van der Waals surface area (Å²) < 4.78 is 19.7. The zero-order valence-electron chi connectivity index (χ0n) is 12.9. The van der Waals surface area contributed by atoms with Gasteiger partial charge in [0.2, 0.25) is 0 Å². The number of benzene rings is 2. The predicted molar refractivity (Wildman–Crippen MR) is 84.7 cm³/mol. The molecule has 0 aliphatic rings. The van der Waals surface area contributed by atoms with Crippen LogP contribution in [0.2, 0.25) is 0 Å². The monoisotopic (exact) mass is 302 g/mol. The topological polar surface area (TPSA) is 50.4 Å². The molecule has 0 atom stereocenters. The number of hydrogen-bond donors (Lipinski definition) is 2. The van der Waals surface area contributed by atoms with Crippen molar-refractivity contribution in [1.82, 2.24) is 5.32 Å². The third kappa shape index (κ3) is 3.75. The number of carbonyl (C=O) groups is 1. The van der Waals surface area contributed by atoms with Crippen LogP contribution in [-0.2, 0) is 6.61 Å². The van der Waals surface area contributed by atoms with E-state index in [1.54, 1.807) is 12.1 Å². The standard InChI is InChI=1S/C17H19FN2O2/c1-11-7-8-16(12(2)9-11)22-10-13-14(18)5-4-6-15(13)20-17(21)19-3/h4-9H,10H2,1-3H3,(H2,19,20,21). The summed E-state index contributed by atoms with van der Waals surface area (Å²) in [5.74, 6) is 0.276. The van der Waals surface area contributed by atoms with E-state index < -0.39 is 11.8 Å². The van der Waals surface area contributed by atoms with Crippen LogP contribution in [0, 0.1) is 19.7 Å². The summed E-state index contributed by atoms with van der Waals surface area (Å²) >= 11 is 0. The summed E-state index contributed by atoms with van der Waals surface area (Å²) in [6.45, 7) is 3.97. The number of halogens is 1. The highest BCUT2D eigenvalue weighted by atomic mass is 19.1. The van der Waals surface area contributed by atoms with E-state index in [1.807, 2.05) is 32.0 Å². The van der Waals surface area contributed by atoms with Crippen molar-refractivity contribution in [3.05, 3.63) is 58.9 Å². The van der Waals surface area contributed by atoms with E-state index in [9.17, 15) is 9.18 Å². The minimum absolute atomic E-state index is 0.0376. The molecule has 0 spiro atoms. The Hall–Kier alpha value is -2.56. The molecule has 4 nitrogen and oxygen atoms in total. The molecule has 0 aliphatic carbocycles. The van der Waals surface area contributed by atoms with Crippen molar-refractivity contribution in [2.24, 2.45) is 0 Å². The number of nitrogens with one attached hydrogen (secondary N) is 2. The highest BCUT2D eigenvalue weighted by Crippen LogP contribution is 2.24. The van der Waals surface area contributed by atoms with Gasteiger partial charge in [-0.05, 0) is 37.6 Å². The number of anilines is 1. The number of urea groups is 1. The molecule has 2 amide bonds. The van der Waals surface area contributed by atoms with Gasteiger partial charge in [0.25, 0.3) is 0 Å². The maximum absolute atomic E-state index is 14.0. The molecule has 0 radical (unpaired) electrons. The first-order chi connectivity index (χ1) is 10.5. The molecule has 22 heavy (non-hydrogen) atoms. The maximum Gasteiger partial charge on any atom is 0.318 e. The molecule has 0 saturated carbocycles. The van der Waals surface area contributed by atoms with Gasteiger partial charge in [0.05, 0.1) is 5.69 Å². The first-order valence-electron chi connectivity index (χ1n) is 6.97. The molecule has 0 fully saturated rings. The van der Waals surface area contributed by atoms with Crippen LogP contribution in [-0.4, -0.2) is 13.1 Å². The lowest BCUT2D eigenvalue weighted by atomic mass is 10.1. The van der Waals surface area contributed by atoms with Crippen LogP contribution in [0.25, 0.3) is 0 Å². The van der Waals surface area contributed by atoms with E-state index >= 15 is 0 Å². The Morgan fingerprint density at radius 2 is 2.00 bits per heavy atom. The van der Waals surface area contributed by atoms with Gasteiger partial charge in [-0.2, -0.15) is 0 Å². The van der Waals surface area contributed by atoms with Gasteiger partial charge < -0.3 is 15.4 Å². The van der Waals surface area contributed by atoms with E-state index in [0.29, 0.717) is 17.0 Å². The van der Waals surface area contributed by atoms with Crippen molar-refractivity contribution in [2.45, 2.75) is 20.5 Å². The minimum atomic E-state index is -0.418. The van der Waals surface area contributed by atoms with E-state index in [4.69, 9.17) is 4.74 Å². The van der Waals surface area contributed by atoms with Crippen molar-refractivity contribution in [3.63, 3.8) is 0 Å². The van der Waals surface area contributed by atoms with Gasteiger partial charge in [-0.25, -0.2) is 9.18 Å². The molecule has 2 aromatic rings. The van der Waals surface area contributed by atoms with Crippen molar-refractivity contribution in [3.8, 4) is 5.75 Å². The Kier molecular flexibility index (Phi) is 4.99. The van der Waals surface area contributed by atoms with Crippen LogP contribution in [0.3, 0.4) is 0 Å². The first-order valence-corrected chi connectivity index (χ1v) is 6.97. The van der Waals surface area contributed by atoms with Crippen LogP contribution in [0.4, 0.5) is 14.9 Å².